The molecule has 2 heterocycles. The summed E-state index contributed by atoms with van der Waals surface area (Å²) in [5.41, 5.74) is -0.361. The van der Waals surface area contributed by atoms with Gasteiger partial charge in [0.15, 0.2) is 5.82 Å². The largest absolute Gasteiger partial charge is 0.506 e. The van der Waals surface area contributed by atoms with E-state index in [0.29, 0.717) is 10.9 Å². The number of rotatable bonds is 5. The molecule has 2 aromatic heterocycles. The smallest absolute Gasteiger partial charge is 0.269 e. The molecule has 0 spiro atoms. The van der Waals surface area contributed by atoms with Crippen molar-refractivity contribution in [2.75, 3.05) is 25.2 Å². The van der Waals surface area contributed by atoms with Crippen molar-refractivity contribution in [2.24, 2.45) is 7.05 Å². The summed E-state index contributed by atoms with van der Waals surface area (Å²) < 4.78 is 6.39. The van der Waals surface area contributed by atoms with Crippen LogP contribution < -0.4 is 10.5 Å². The molecule has 0 bridgehead atoms. The minimum Gasteiger partial charge on any atom is -0.506 e. The summed E-state index contributed by atoms with van der Waals surface area (Å²) in [7, 11) is 3.06. The number of methoxy groups -OCH3 is 1. The van der Waals surface area contributed by atoms with E-state index in [1.165, 1.54) is 35.2 Å². The molecule has 1 N–H and O–H groups in total. The third-order valence-electron chi connectivity index (χ3n) is 4.08. The third kappa shape index (κ3) is 3.02. The van der Waals surface area contributed by atoms with Crippen molar-refractivity contribution >= 4 is 22.6 Å². The van der Waals surface area contributed by atoms with E-state index in [2.05, 4.69) is 9.97 Å². The van der Waals surface area contributed by atoms with Crippen LogP contribution in [0.15, 0.2) is 47.7 Å². The van der Waals surface area contributed by atoms with E-state index < -0.39 is 11.5 Å². The van der Waals surface area contributed by atoms with Gasteiger partial charge in [-0.3, -0.25) is 19.5 Å². The highest BCUT2D eigenvalue weighted by Crippen LogP contribution is 2.27. The van der Waals surface area contributed by atoms with Crippen LogP contribution in [0.25, 0.3) is 10.9 Å². The Morgan fingerprint density at radius 2 is 2.08 bits per heavy atom. The highest BCUT2D eigenvalue weighted by Gasteiger charge is 2.27. The Morgan fingerprint density at radius 3 is 2.77 bits per heavy atom. The fourth-order valence-corrected chi connectivity index (χ4v) is 2.74. The number of aryl methyl sites for hydroxylation is 1. The number of aromatic hydroxyl groups is 1. The van der Waals surface area contributed by atoms with Crippen LogP contribution in [0.3, 0.4) is 0 Å². The minimum atomic E-state index is -0.661. The molecule has 26 heavy (non-hydrogen) atoms. The monoisotopic (exact) mass is 354 g/mol. The van der Waals surface area contributed by atoms with Gasteiger partial charge in [0.2, 0.25) is 0 Å². The topological polar surface area (TPSA) is 97.5 Å². The van der Waals surface area contributed by atoms with Crippen LogP contribution in [-0.4, -0.2) is 45.8 Å². The second-order valence-corrected chi connectivity index (χ2v) is 5.62. The van der Waals surface area contributed by atoms with E-state index in [4.69, 9.17) is 4.74 Å². The zero-order valence-corrected chi connectivity index (χ0v) is 14.4. The number of carbonyl (C=O) groups is 1. The lowest BCUT2D eigenvalue weighted by molar-refractivity contribution is 0.0970. The molecule has 8 heteroatoms. The molecule has 0 unspecified atom stereocenters. The first-order valence-corrected chi connectivity index (χ1v) is 7.93. The van der Waals surface area contributed by atoms with Gasteiger partial charge >= 0.3 is 0 Å². The SMILES string of the molecule is COCCN(C(=O)c1c(O)c2ccccc2n(C)c1=O)c1cnccn1. The summed E-state index contributed by atoms with van der Waals surface area (Å²) in [4.78, 5) is 35.2. The summed E-state index contributed by atoms with van der Waals surface area (Å²) in [5.74, 6) is -0.740. The van der Waals surface area contributed by atoms with Crippen molar-refractivity contribution in [3.63, 3.8) is 0 Å². The molecule has 3 aromatic rings. The Hall–Kier alpha value is -3.26. The number of hydrogen-bond donors (Lipinski definition) is 1. The van der Waals surface area contributed by atoms with E-state index >= 15 is 0 Å². The summed E-state index contributed by atoms with van der Waals surface area (Å²) in [6, 6.07) is 6.85. The fourth-order valence-electron chi connectivity index (χ4n) is 2.74. The Balaban J connectivity index is 2.17. The van der Waals surface area contributed by atoms with Crippen LogP contribution in [0.1, 0.15) is 10.4 Å². The van der Waals surface area contributed by atoms with Crippen LogP contribution in [0.5, 0.6) is 5.75 Å². The molecule has 0 saturated carbocycles. The van der Waals surface area contributed by atoms with Crippen molar-refractivity contribution in [1.29, 1.82) is 0 Å². The molecule has 0 radical (unpaired) electrons. The first kappa shape index (κ1) is 17.6. The standard InChI is InChI=1S/C18H18N4O4/c1-21-13-6-4-3-5-12(13)16(23)15(17(21)24)18(25)22(9-10-26-2)14-11-19-7-8-20-14/h3-8,11,23H,9-10H2,1-2H3. The minimum absolute atomic E-state index is 0.156. The second-order valence-electron chi connectivity index (χ2n) is 5.62. The number of carbonyl (C=O) groups excluding carboxylic acids is 1. The Morgan fingerprint density at radius 1 is 1.31 bits per heavy atom. The van der Waals surface area contributed by atoms with Crippen molar-refractivity contribution in [3.8, 4) is 5.75 Å². The van der Waals surface area contributed by atoms with E-state index in [1.54, 1.807) is 31.3 Å². The Bertz CT molecular complexity index is 1000. The van der Waals surface area contributed by atoms with Gasteiger partial charge in [-0.1, -0.05) is 12.1 Å². The van der Waals surface area contributed by atoms with E-state index in [1.807, 2.05) is 0 Å². The molecule has 8 nitrogen and oxygen atoms in total. The molecule has 0 atom stereocenters. The van der Waals surface area contributed by atoms with Crippen molar-refractivity contribution in [2.45, 2.75) is 0 Å². The highest BCUT2D eigenvalue weighted by molar-refractivity contribution is 6.10. The number of nitrogens with zero attached hydrogens (tertiary/aromatic N) is 4. The molecule has 0 aliphatic carbocycles. The van der Waals surface area contributed by atoms with E-state index in [-0.39, 0.29) is 30.3 Å². The maximum absolute atomic E-state index is 13.1. The maximum Gasteiger partial charge on any atom is 0.269 e. The molecule has 134 valence electrons. The van der Waals surface area contributed by atoms with Gasteiger partial charge in [-0.05, 0) is 12.1 Å². The quantitative estimate of drug-likeness (QED) is 0.742. The Labute approximate surface area is 149 Å². The molecular formula is C18H18N4O4. The number of fused-ring (bicyclic) bond motifs is 1. The van der Waals surface area contributed by atoms with Crippen LogP contribution in [0.4, 0.5) is 5.82 Å². The first-order valence-electron chi connectivity index (χ1n) is 7.93. The summed E-state index contributed by atoms with van der Waals surface area (Å²) in [6.07, 6.45) is 4.34. The van der Waals surface area contributed by atoms with Gasteiger partial charge in [-0.25, -0.2) is 4.98 Å². The highest BCUT2D eigenvalue weighted by atomic mass is 16.5. The lowest BCUT2D eigenvalue weighted by atomic mass is 10.1. The van der Waals surface area contributed by atoms with Crippen molar-refractivity contribution < 1.29 is 14.6 Å². The third-order valence-corrected chi connectivity index (χ3v) is 4.08. The zero-order valence-electron chi connectivity index (χ0n) is 14.4. The van der Waals surface area contributed by atoms with Crippen LogP contribution >= 0.6 is 0 Å². The van der Waals surface area contributed by atoms with Gasteiger partial charge in [0.25, 0.3) is 11.5 Å². The van der Waals surface area contributed by atoms with E-state index in [9.17, 15) is 14.7 Å². The lowest BCUT2D eigenvalue weighted by Gasteiger charge is -2.22. The molecule has 3 rings (SSSR count). The van der Waals surface area contributed by atoms with Crippen LogP contribution in [0.2, 0.25) is 0 Å². The van der Waals surface area contributed by atoms with Gasteiger partial charge in [0.05, 0.1) is 24.9 Å². The Kier molecular flexibility index (Phi) is 4.94. The van der Waals surface area contributed by atoms with Crippen molar-refractivity contribution in [3.05, 3.63) is 58.8 Å². The molecule has 0 aliphatic rings. The number of anilines is 1. The predicted octanol–water partition coefficient (Wildman–Crippen LogP) is 1.33. The zero-order chi connectivity index (χ0) is 18.7. The van der Waals surface area contributed by atoms with Crippen LogP contribution in [0, 0.1) is 0 Å². The molecule has 1 aromatic carbocycles. The average Bonchev–Trinajstić information content (AvgIpc) is 2.67. The number of benzene rings is 1. The van der Waals surface area contributed by atoms with Crippen molar-refractivity contribution in [1.82, 2.24) is 14.5 Å². The normalized spacial score (nSPS) is 10.8. The van der Waals surface area contributed by atoms with E-state index in [0.717, 1.165) is 0 Å². The van der Waals surface area contributed by atoms with Gasteiger partial charge < -0.3 is 14.4 Å². The molecule has 0 fully saturated rings. The number of amides is 1. The van der Waals surface area contributed by atoms with Gasteiger partial charge in [0, 0.05) is 31.9 Å². The molecular weight excluding hydrogens is 336 g/mol. The maximum atomic E-state index is 13.1. The lowest BCUT2D eigenvalue weighted by Crippen LogP contribution is -2.39. The van der Waals surface area contributed by atoms with Gasteiger partial charge in [0.1, 0.15) is 11.3 Å². The van der Waals surface area contributed by atoms with Crippen LogP contribution in [-0.2, 0) is 11.8 Å². The molecule has 0 aliphatic heterocycles. The predicted molar refractivity (Wildman–Crippen MR) is 96.4 cm³/mol. The second kappa shape index (κ2) is 7.32. The fraction of sp³-hybridized carbons (Fsp3) is 0.222. The number of hydrogen-bond acceptors (Lipinski definition) is 6. The number of para-hydroxylation sites is 1. The summed E-state index contributed by atoms with van der Waals surface area (Å²) in [5, 5.41) is 11.0. The molecule has 1 amide bonds. The summed E-state index contributed by atoms with van der Waals surface area (Å²) in [6.45, 7) is 0.389. The number of aromatic nitrogens is 3. The van der Waals surface area contributed by atoms with Gasteiger partial charge in [-0.15, -0.1) is 0 Å². The molecule has 0 saturated heterocycles. The van der Waals surface area contributed by atoms with Gasteiger partial charge in [-0.2, -0.15) is 0 Å². The first-order chi connectivity index (χ1) is 12.6. The number of pyridine rings is 1. The summed E-state index contributed by atoms with van der Waals surface area (Å²) >= 11 is 0. The number of ether oxygens (including phenoxy) is 1. The average molecular weight is 354 g/mol.